The Hall–Kier alpha value is -2.74. The summed E-state index contributed by atoms with van der Waals surface area (Å²) in [5.74, 6) is 0.689. The minimum Gasteiger partial charge on any atom is -0.360 e. The van der Waals surface area contributed by atoms with Crippen molar-refractivity contribution in [3.05, 3.63) is 62.4 Å². The predicted octanol–water partition coefficient (Wildman–Crippen LogP) is 1.77. The van der Waals surface area contributed by atoms with Crippen LogP contribution < -0.4 is 5.69 Å². The lowest BCUT2D eigenvalue weighted by molar-refractivity contribution is 0.103. The molecule has 128 valence electrons. The van der Waals surface area contributed by atoms with Crippen molar-refractivity contribution in [1.29, 1.82) is 0 Å². The van der Waals surface area contributed by atoms with Gasteiger partial charge in [-0.1, -0.05) is 16.8 Å². The molecule has 2 heterocycles. The summed E-state index contributed by atoms with van der Waals surface area (Å²) in [6.45, 7) is 0.0956. The largest absolute Gasteiger partial charge is 0.363 e. The fourth-order valence-electron chi connectivity index (χ4n) is 2.73. The van der Waals surface area contributed by atoms with E-state index in [1.807, 2.05) is 0 Å². The van der Waals surface area contributed by atoms with E-state index in [-0.39, 0.29) is 23.9 Å². The Bertz CT molecular complexity index is 1010. The summed E-state index contributed by atoms with van der Waals surface area (Å²) in [6.07, 6.45) is 3.44. The maximum atomic E-state index is 13.0. The van der Waals surface area contributed by atoms with Gasteiger partial charge in [0.1, 0.15) is 0 Å². The Morgan fingerprint density at radius 1 is 1.32 bits per heavy atom. The van der Waals surface area contributed by atoms with Crippen molar-refractivity contribution in [2.75, 3.05) is 0 Å². The van der Waals surface area contributed by atoms with Crippen LogP contribution in [-0.2, 0) is 13.6 Å². The molecule has 8 nitrogen and oxygen atoms in total. The topological polar surface area (TPSA) is 95.8 Å². The van der Waals surface area contributed by atoms with Crippen LogP contribution in [-0.4, -0.2) is 30.7 Å². The average molecular weight is 360 g/mol. The number of benzene rings is 1. The highest BCUT2D eigenvalue weighted by Crippen LogP contribution is 2.42. The Kier molecular flexibility index (Phi) is 3.76. The summed E-state index contributed by atoms with van der Waals surface area (Å²) in [4.78, 5) is 25.0. The first kappa shape index (κ1) is 15.8. The van der Waals surface area contributed by atoms with Gasteiger partial charge in [0.25, 0.3) is 0 Å². The van der Waals surface area contributed by atoms with Gasteiger partial charge in [0.2, 0.25) is 0 Å². The van der Waals surface area contributed by atoms with Crippen molar-refractivity contribution < 1.29 is 9.32 Å². The third kappa shape index (κ3) is 2.89. The molecule has 3 aromatic rings. The van der Waals surface area contributed by atoms with E-state index in [9.17, 15) is 9.59 Å². The Balaban J connectivity index is 1.74. The fourth-order valence-corrected chi connectivity index (χ4v) is 2.93. The molecule has 1 saturated carbocycles. The zero-order valence-corrected chi connectivity index (χ0v) is 14.1. The van der Waals surface area contributed by atoms with Crippen molar-refractivity contribution in [2.24, 2.45) is 7.05 Å². The van der Waals surface area contributed by atoms with Crippen molar-refractivity contribution in [2.45, 2.75) is 25.3 Å². The second-order valence-corrected chi connectivity index (χ2v) is 6.49. The highest BCUT2D eigenvalue weighted by molar-refractivity contribution is 6.30. The number of hydrogen-bond acceptors (Lipinski definition) is 6. The van der Waals surface area contributed by atoms with Crippen molar-refractivity contribution in [3.8, 4) is 0 Å². The van der Waals surface area contributed by atoms with Crippen molar-refractivity contribution in [1.82, 2.24) is 24.9 Å². The molecule has 1 fully saturated rings. The molecule has 1 aromatic carbocycles. The monoisotopic (exact) mass is 359 g/mol. The molecule has 0 N–H and O–H groups in total. The zero-order chi connectivity index (χ0) is 17.6. The normalized spacial score (nSPS) is 14.0. The average Bonchev–Trinajstić information content (AvgIpc) is 3.25. The first-order valence-corrected chi connectivity index (χ1v) is 8.17. The summed E-state index contributed by atoms with van der Waals surface area (Å²) in [5.41, 5.74) is 1.11. The number of hydrogen-bond donors (Lipinski definition) is 0. The number of carbonyl (C=O) groups excluding carboxylic acids is 1. The summed E-state index contributed by atoms with van der Waals surface area (Å²) in [5, 5.41) is 11.7. The zero-order valence-electron chi connectivity index (χ0n) is 13.3. The van der Waals surface area contributed by atoms with Crippen LogP contribution in [0.2, 0.25) is 5.02 Å². The highest BCUT2D eigenvalue weighted by Gasteiger charge is 2.33. The van der Waals surface area contributed by atoms with Crippen molar-refractivity contribution >= 4 is 17.4 Å². The molecule has 1 aliphatic carbocycles. The lowest BCUT2D eigenvalue weighted by atomic mass is 9.98. The molecule has 0 radical (unpaired) electrons. The summed E-state index contributed by atoms with van der Waals surface area (Å²) in [6, 6.07) is 4.94. The van der Waals surface area contributed by atoms with E-state index in [1.54, 1.807) is 18.2 Å². The Morgan fingerprint density at radius 3 is 2.80 bits per heavy atom. The lowest BCUT2D eigenvalue weighted by Gasteiger charge is -2.08. The van der Waals surface area contributed by atoms with Gasteiger partial charge in [0.05, 0.1) is 18.3 Å². The van der Waals surface area contributed by atoms with Gasteiger partial charge in [0.15, 0.2) is 11.5 Å². The van der Waals surface area contributed by atoms with Gasteiger partial charge in [-0.15, -0.1) is 0 Å². The summed E-state index contributed by atoms with van der Waals surface area (Å²) in [7, 11) is 1.51. The minimum absolute atomic E-state index is 0.0956. The van der Waals surface area contributed by atoms with Crippen LogP contribution in [0.5, 0.6) is 0 Å². The second kappa shape index (κ2) is 5.96. The van der Waals surface area contributed by atoms with Crippen LogP contribution in [0.25, 0.3) is 0 Å². The van der Waals surface area contributed by atoms with E-state index in [4.69, 9.17) is 16.1 Å². The molecular formula is C16H14ClN5O3. The molecular weight excluding hydrogens is 346 g/mol. The Labute approximate surface area is 147 Å². The highest BCUT2D eigenvalue weighted by atomic mass is 35.5. The summed E-state index contributed by atoms with van der Waals surface area (Å²) < 4.78 is 7.56. The van der Waals surface area contributed by atoms with Gasteiger partial charge in [-0.2, -0.15) is 9.36 Å². The molecule has 0 aliphatic heterocycles. The molecule has 2 aromatic heterocycles. The van der Waals surface area contributed by atoms with E-state index in [0.717, 1.165) is 17.5 Å². The number of nitrogens with zero attached hydrogens (tertiary/aromatic N) is 5. The van der Waals surface area contributed by atoms with Gasteiger partial charge in [-0.05, 0) is 47.0 Å². The number of ketones is 1. The molecule has 0 bridgehead atoms. The number of aryl methyl sites for hydroxylation is 1. The van der Waals surface area contributed by atoms with Crippen LogP contribution in [0.3, 0.4) is 0 Å². The quantitative estimate of drug-likeness (QED) is 0.644. The van der Waals surface area contributed by atoms with Crippen LogP contribution in [0.1, 0.15) is 46.0 Å². The van der Waals surface area contributed by atoms with Gasteiger partial charge < -0.3 is 4.52 Å². The van der Waals surface area contributed by atoms with E-state index in [2.05, 4.69) is 15.6 Å². The summed E-state index contributed by atoms with van der Waals surface area (Å²) >= 11 is 6.08. The number of carbonyl (C=O) groups is 1. The van der Waals surface area contributed by atoms with Crippen molar-refractivity contribution in [3.63, 3.8) is 0 Å². The van der Waals surface area contributed by atoms with Gasteiger partial charge in [-0.25, -0.2) is 4.79 Å². The molecule has 9 heteroatoms. The maximum absolute atomic E-state index is 13.0. The molecule has 0 amide bonds. The smallest absolute Gasteiger partial charge is 0.360 e. The minimum atomic E-state index is -0.373. The van der Waals surface area contributed by atoms with E-state index >= 15 is 0 Å². The van der Waals surface area contributed by atoms with E-state index in [1.165, 1.54) is 17.9 Å². The van der Waals surface area contributed by atoms with Gasteiger partial charge >= 0.3 is 5.69 Å². The lowest BCUT2D eigenvalue weighted by Crippen LogP contribution is -2.24. The fraction of sp³-hybridized carbons (Fsp3) is 0.312. The molecule has 0 saturated heterocycles. The van der Waals surface area contributed by atoms with E-state index in [0.29, 0.717) is 27.5 Å². The SMILES string of the molecule is Cn1nnn(Cc2cc(Cl)ccc2C(=O)c2cnoc2C2CC2)c1=O. The molecule has 0 atom stereocenters. The number of halogens is 1. The maximum Gasteiger partial charge on any atom is 0.363 e. The van der Waals surface area contributed by atoms with Gasteiger partial charge in [-0.3, -0.25) is 4.79 Å². The van der Waals surface area contributed by atoms with Crippen LogP contribution in [0.15, 0.2) is 33.7 Å². The standard InChI is InChI=1S/C16H14ClN5O3/c1-21-16(24)22(20-19-21)8-10-6-11(17)4-5-12(10)14(23)13-7-18-25-15(13)9-2-3-9/h4-7,9H,2-3,8H2,1H3. The second-order valence-electron chi connectivity index (χ2n) is 6.05. The van der Waals surface area contributed by atoms with E-state index < -0.39 is 0 Å². The molecule has 0 unspecified atom stereocenters. The molecule has 0 spiro atoms. The molecule has 4 rings (SSSR count). The van der Waals surface area contributed by atoms with Crippen LogP contribution in [0, 0.1) is 0 Å². The number of rotatable bonds is 5. The molecule has 25 heavy (non-hydrogen) atoms. The third-order valence-electron chi connectivity index (χ3n) is 4.20. The molecule has 1 aliphatic rings. The van der Waals surface area contributed by atoms with Gasteiger partial charge in [0, 0.05) is 23.6 Å². The van der Waals surface area contributed by atoms with Crippen LogP contribution >= 0.6 is 11.6 Å². The Morgan fingerprint density at radius 2 is 2.12 bits per heavy atom. The first-order valence-electron chi connectivity index (χ1n) is 7.79. The first-order chi connectivity index (χ1) is 12.0. The third-order valence-corrected chi connectivity index (χ3v) is 4.44. The number of tetrazole rings is 1. The number of aromatic nitrogens is 5. The van der Waals surface area contributed by atoms with Crippen LogP contribution in [0.4, 0.5) is 0 Å². The predicted molar refractivity (Wildman–Crippen MR) is 87.7 cm³/mol.